The first-order chi connectivity index (χ1) is 15.4. The number of carbonyl (C=O) groups is 2. The molecule has 0 fully saturated rings. The molecular weight excluding hydrogens is 408 g/mol. The van der Waals surface area contributed by atoms with Crippen molar-refractivity contribution in [2.45, 2.75) is 20.5 Å². The first-order valence-corrected chi connectivity index (χ1v) is 10.3. The minimum Gasteiger partial charge on any atom is -0.497 e. The molecule has 1 heterocycles. The molecule has 7 nitrogen and oxygen atoms in total. The van der Waals surface area contributed by atoms with Crippen LogP contribution in [-0.2, 0) is 11.3 Å². The second-order valence-electron chi connectivity index (χ2n) is 7.38. The molecule has 0 aliphatic rings. The standard InChI is InChI=1S/C25H28N2O5/c1-6-31-25(29)22-23(32-16-18-10-8-7-9-11-18)17(2)21(24(28)26(3)4)27(22)19-12-14-20(30-5)15-13-19/h7-15H,6,16H2,1-5H3. The lowest BCUT2D eigenvalue weighted by Crippen LogP contribution is -2.26. The summed E-state index contributed by atoms with van der Waals surface area (Å²) in [5.74, 6) is 0.176. The Morgan fingerprint density at radius 1 is 0.969 bits per heavy atom. The van der Waals surface area contributed by atoms with Crippen molar-refractivity contribution >= 4 is 11.9 Å². The Morgan fingerprint density at radius 3 is 2.19 bits per heavy atom. The van der Waals surface area contributed by atoms with E-state index in [0.29, 0.717) is 28.4 Å². The molecule has 2 aromatic carbocycles. The summed E-state index contributed by atoms with van der Waals surface area (Å²) in [6, 6.07) is 16.7. The zero-order valence-corrected chi connectivity index (χ0v) is 19.0. The van der Waals surface area contributed by atoms with Gasteiger partial charge in [0.2, 0.25) is 0 Å². The smallest absolute Gasteiger partial charge is 0.359 e. The Bertz CT molecular complexity index is 1090. The van der Waals surface area contributed by atoms with Gasteiger partial charge in [-0.25, -0.2) is 4.79 Å². The zero-order chi connectivity index (χ0) is 23.3. The van der Waals surface area contributed by atoms with Gasteiger partial charge in [-0.2, -0.15) is 0 Å². The fourth-order valence-electron chi connectivity index (χ4n) is 3.41. The summed E-state index contributed by atoms with van der Waals surface area (Å²) in [5.41, 5.74) is 2.65. The van der Waals surface area contributed by atoms with E-state index in [1.807, 2.05) is 30.3 Å². The number of benzene rings is 2. The molecule has 0 saturated heterocycles. The molecule has 32 heavy (non-hydrogen) atoms. The van der Waals surface area contributed by atoms with E-state index in [9.17, 15) is 9.59 Å². The maximum atomic E-state index is 13.2. The number of aromatic nitrogens is 1. The number of nitrogens with zero attached hydrogens (tertiary/aromatic N) is 2. The molecule has 0 spiro atoms. The lowest BCUT2D eigenvalue weighted by Gasteiger charge is -2.16. The molecule has 0 aliphatic carbocycles. The first kappa shape index (κ1) is 22.9. The summed E-state index contributed by atoms with van der Waals surface area (Å²) >= 11 is 0. The molecule has 168 valence electrons. The van der Waals surface area contributed by atoms with Gasteiger partial charge in [0.15, 0.2) is 11.4 Å². The fourth-order valence-corrected chi connectivity index (χ4v) is 3.41. The highest BCUT2D eigenvalue weighted by Crippen LogP contribution is 2.35. The van der Waals surface area contributed by atoms with Crippen molar-refractivity contribution in [2.24, 2.45) is 0 Å². The maximum absolute atomic E-state index is 13.2. The van der Waals surface area contributed by atoms with Gasteiger partial charge in [-0.15, -0.1) is 0 Å². The highest BCUT2D eigenvalue weighted by Gasteiger charge is 2.32. The molecule has 0 saturated carbocycles. The maximum Gasteiger partial charge on any atom is 0.359 e. The third-order valence-corrected chi connectivity index (χ3v) is 4.99. The van der Waals surface area contributed by atoms with Crippen molar-refractivity contribution in [3.05, 3.63) is 77.1 Å². The Balaban J connectivity index is 2.22. The van der Waals surface area contributed by atoms with E-state index in [4.69, 9.17) is 14.2 Å². The summed E-state index contributed by atoms with van der Waals surface area (Å²) in [7, 11) is 4.92. The number of ether oxygens (including phenoxy) is 3. The van der Waals surface area contributed by atoms with Crippen molar-refractivity contribution < 1.29 is 23.8 Å². The van der Waals surface area contributed by atoms with Crippen LogP contribution in [0, 0.1) is 6.92 Å². The Morgan fingerprint density at radius 2 is 1.62 bits per heavy atom. The molecule has 0 aliphatic heterocycles. The molecular formula is C25H28N2O5. The molecule has 0 unspecified atom stereocenters. The molecule has 0 N–H and O–H groups in total. The van der Waals surface area contributed by atoms with Gasteiger partial charge in [0.05, 0.1) is 13.7 Å². The Hall–Kier alpha value is -3.74. The van der Waals surface area contributed by atoms with Gasteiger partial charge >= 0.3 is 5.97 Å². The Labute approximate surface area is 188 Å². The minimum atomic E-state index is -0.563. The molecule has 0 bridgehead atoms. The molecule has 1 aromatic heterocycles. The molecule has 3 aromatic rings. The number of methoxy groups -OCH3 is 1. The van der Waals surface area contributed by atoms with Crippen LogP contribution in [0.2, 0.25) is 0 Å². The predicted molar refractivity (Wildman–Crippen MR) is 122 cm³/mol. The molecule has 1 amide bonds. The second kappa shape index (κ2) is 10.0. The minimum absolute atomic E-state index is 0.177. The summed E-state index contributed by atoms with van der Waals surface area (Å²) in [5, 5.41) is 0. The quantitative estimate of drug-likeness (QED) is 0.494. The van der Waals surface area contributed by atoms with Crippen LogP contribution in [0.15, 0.2) is 54.6 Å². The van der Waals surface area contributed by atoms with E-state index in [1.165, 1.54) is 4.90 Å². The van der Waals surface area contributed by atoms with Crippen molar-refractivity contribution in [1.82, 2.24) is 9.47 Å². The van der Waals surface area contributed by atoms with E-state index >= 15 is 0 Å². The zero-order valence-electron chi connectivity index (χ0n) is 19.0. The van der Waals surface area contributed by atoms with Crippen LogP contribution in [0.25, 0.3) is 5.69 Å². The highest BCUT2D eigenvalue weighted by atomic mass is 16.5. The summed E-state index contributed by atoms with van der Waals surface area (Å²) < 4.78 is 18.3. The van der Waals surface area contributed by atoms with E-state index in [1.54, 1.807) is 63.9 Å². The van der Waals surface area contributed by atoms with Gasteiger partial charge in [-0.05, 0) is 43.7 Å². The molecule has 0 radical (unpaired) electrons. The molecule has 0 atom stereocenters. The first-order valence-electron chi connectivity index (χ1n) is 10.3. The summed E-state index contributed by atoms with van der Waals surface area (Å²) in [6.07, 6.45) is 0. The fraction of sp³-hybridized carbons (Fsp3) is 0.280. The van der Waals surface area contributed by atoms with Crippen LogP contribution in [-0.4, -0.2) is 49.2 Å². The van der Waals surface area contributed by atoms with E-state index < -0.39 is 5.97 Å². The number of hydrogen-bond acceptors (Lipinski definition) is 5. The van der Waals surface area contributed by atoms with Gasteiger partial charge in [0.25, 0.3) is 5.91 Å². The van der Waals surface area contributed by atoms with Gasteiger partial charge < -0.3 is 19.1 Å². The van der Waals surface area contributed by atoms with Crippen LogP contribution in [0.3, 0.4) is 0 Å². The SMILES string of the molecule is CCOC(=O)c1c(OCc2ccccc2)c(C)c(C(=O)N(C)C)n1-c1ccc(OC)cc1. The number of amides is 1. The number of carbonyl (C=O) groups excluding carboxylic acids is 2. The van der Waals surface area contributed by atoms with Gasteiger partial charge in [0.1, 0.15) is 18.1 Å². The van der Waals surface area contributed by atoms with Gasteiger partial charge in [-0.3, -0.25) is 9.36 Å². The topological polar surface area (TPSA) is 70.0 Å². The predicted octanol–water partition coefficient (Wildman–Crippen LogP) is 4.25. The van der Waals surface area contributed by atoms with E-state index in [2.05, 4.69) is 0 Å². The normalized spacial score (nSPS) is 10.5. The highest BCUT2D eigenvalue weighted by molar-refractivity contribution is 6.01. The van der Waals surface area contributed by atoms with Crippen LogP contribution in [0.5, 0.6) is 11.5 Å². The number of esters is 1. The van der Waals surface area contributed by atoms with Crippen molar-refractivity contribution in [1.29, 1.82) is 0 Å². The van der Waals surface area contributed by atoms with Crippen LogP contribution in [0.4, 0.5) is 0 Å². The third kappa shape index (κ3) is 4.61. The van der Waals surface area contributed by atoms with E-state index in [-0.39, 0.29) is 24.8 Å². The summed E-state index contributed by atoms with van der Waals surface area (Å²) in [4.78, 5) is 27.7. The average molecular weight is 437 g/mol. The largest absolute Gasteiger partial charge is 0.497 e. The lowest BCUT2D eigenvalue weighted by molar-refractivity contribution is 0.0511. The van der Waals surface area contributed by atoms with Crippen molar-refractivity contribution in [3.63, 3.8) is 0 Å². The summed E-state index contributed by atoms with van der Waals surface area (Å²) in [6.45, 7) is 3.96. The van der Waals surface area contributed by atoms with Crippen molar-refractivity contribution in [2.75, 3.05) is 27.8 Å². The monoisotopic (exact) mass is 436 g/mol. The Kier molecular flexibility index (Phi) is 7.20. The molecule has 7 heteroatoms. The molecule has 3 rings (SSSR count). The van der Waals surface area contributed by atoms with Gasteiger partial charge in [0, 0.05) is 25.3 Å². The number of rotatable bonds is 8. The third-order valence-electron chi connectivity index (χ3n) is 4.99. The average Bonchev–Trinajstić information content (AvgIpc) is 3.10. The second-order valence-corrected chi connectivity index (χ2v) is 7.38. The lowest BCUT2D eigenvalue weighted by atomic mass is 10.2. The van der Waals surface area contributed by atoms with Crippen molar-refractivity contribution in [3.8, 4) is 17.2 Å². The van der Waals surface area contributed by atoms with Crippen LogP contribution >= 0.6 is 0 Å². The van der Waals surface area contributed by atoms with Gasteiger partial charge in [-0.1, -0.05) is 30.3 Å². The van der Waals surface area contributed by atoms with Crippen LogP contribution in [0.1, 0.15) is 39.0 Å². The van der Waals surface area contributed by atoms with E-state index in [0.717, 1.165) is 5.56 Å². The van der Waals surface area contributed by atoms with Crippen LogP contribution < -0.4 is 9.47 Å². The number of hydrogen-bond donors (Lipinski definition) is 0.